The number of anilines is 2. The predicted molar refractivity (Wildman–Crippen MR) is 117 cm³/mol. The first-order valence-corrected chi connectivity index (χ1v) is 9.65. The second kappa shape index (κ2) is 9.80. The smallest absolute Gasteiger partial charge is 0.257 e. The van der Waals surface area contributed by atoms with Crippen LogP contribution in [0.3, 0.4) is 0 Å². The van der Waals surface area contributed by atoms with E-state index >= 15 is 0 Å². The maximum atomic E-state index is 13.1. The van der Waals surface area contributed by atoms with Crippen LogP contribution in [0, 0.1) is 5.82 Å². The van der Waals surface area contributed by atoms with Gasteiger partial charge in [-0.15, -0.1) is 0 Å². The lowest BCUT2D eigenvalue weighted by Gasteiger charge is -2.24. The van der Waals surface area contributed by atoms with Gasteiger partial charge in [0, 0.05) is 11.7 Å². The van der Waals surface area contributed by atoms with Crippen molar-refractivity contribution in [1.29, 1.82) is 0 Å². The van der Waals surface area contributed by atoms with E-state index in [1.807, 2.05) is 37.1 Å². The number of nitrogens with zero attached hydrogens (tertiary/aromatic N) is 1. The summed E-state index contributed by atoms with van der Waals surface area (Å²) in [7, 11) is 1.82. The lowest BCUT2D eigenvalue weighted by molar-refractivity contribution is -0.117. The van der Waals surface area contributed by atoms with Crippen LogP contribution in [0.2, 0.25) is 0 Å². The van der Waals surface area contributed by atoms with Gasteiger partial charge in [-0.2, -0.15) is 0 Å². The molecule has 0 radical (unpaired) electrons. The SMILES string of the molecule is CC(c1ccc(F)cc1)N(C)CC(=O)Nc1ccccc1C(=O)Nc1ccccc1. The molecule has 1 atom stereocenters. The number of para-hydroxylation sites is 2. The first kappa shape index (κ1) is 21.2. The molecule has 2 N–H and O–H groups in total. The number of carbonyl (C=O) groups excluding carboxylic acids is 2. The summed E-state index contributed by atoms with van der Waals surface area (Å²) >= 11 is 0. The molecule has 0 aliphatic heterocycles. The summed E-state index contributed by atoms with van der Waals surface area (Å²) in [5.74, 6) is -0.840. The lowest BCUT2D eigenvalue weighted by atomic mass is 10.1. The minimum absolute atomic E-state index is 0.0760. The Bertz CT molecular complexity index is 1010. The first-order valence-electron chi connectivity index (χ1n) is 9.65. The van der Waals surface area contributed by atoms with Gasteiger partial charge in [0.2, 0.25) is 5.91 Å². The molecule has 0 heterocycles. The molecule has 0 fully saturated rings. The van der Waals surface area contributed by atoms with E-state index < -0.39 is 0 Å². The first-order chi connectivity index (χ1) is 14.4. The van der Waals surface area contributed by atoms with Crippen LogP contribution in [0.5, 0.6) is 0 Å². The summed E-state index contributed by atoms with van der Waals surface area (Å²) in [6.45, 7) is 2.06. The molecular weight excluding hydrogens is 381 g/mol. The minimum atomic E-state index is -0.301. The van der Waals surface area contributed by atoms with Gasteiger partial charge in [0.1, 0.15) is 5.82 Å². The Balaban J connectivity index is 1.65. The Hall–Kier alpha value is -3.51. The zero-order valence-electron chi connectivity index (χ0n) is 16.9. The minimum Gasteiger partial charge on any atom is -0.324 e. The number of rotatable bonds is 7. The normalized spacial score (nSPS) is 11.7. The van der Waals surface area contributed by atoms with Gasteiger partial charge in [-0.1, -0.05) is 42.5 Å². The summed E-state index contributed by atoms with van der Waals surface area (Å²) in [6, 6.07) is 22.1. The van der Waals surface area contributed by atoms with E-state index in [0.717, 1.165) is 5.56 Å². The molecule has 154 valence electrons. The van der Waals surface area contributed by atoms with Gasteiger partial charge in [0.15, 0.2) is 0 Å². The van der Waals surface area contributed by atoms with Crippen molar-refractivity contribution in [3.05, 3.63) is 95.8 Å². The van der Waals surface area contributed by atoms with Crippen molar-refractivity contribution in [3.8, 4) is 0 Å². The van der Waals surface area contributed by atoms with Crippen molar-refractivity contribution in [1.82, 2.24) is 4.90 Å². The van der Waals surface area contributed by atoms with Gasteiger partial charge in [-0.3, -0.25) is 14.5 Å². The van der Waals surface area contributed by atoms with E-state index in [0.29, 0.717) is 16.9 Å². The maximum absolute atomic E-state index is 13.1. The Morgan fingerprint density at radius 1 is 0.900 bits per heavy atom. The van der Waals surface area contributed by atoms with Gasteiger partial charge in [0.25, 0.3) is 5.91 Å². The largest absolute Gasteiger partial charge is 0.324 e. The third-order valence-electron chi connectivity index (χ3n) is 4.88. The van der Waals surface area contributed by atoms with E-state index in [2.05, 4.69) is 10.6 Å². The van der Waals surface area contributed by atoms with Gasteiger partial charge in [0.05, 0.1) is 17.8 Å². The molecule has 0 aliphatic carbocycles. The van der Waals surface area contributed by atoms with Crippen molar-refractivity contribution in [3.63, 3.8) is 0 Å². The molecule has 0 saturated heterocycles. The van der Waals surface area contributed by atoms with Crippen LogP contribution in [0.4, 0.5) is 15.8 Å². The zero-order chi connectivity index (χ0) is 21.5. The third kappa shape index (κ3) is 5.52. The topological polar surface area (TPSA) is 61.4 Å². The van der Waals surface area contributed by atoms with Crippen LogP contribution >= 0.6 is 0 Å². The average Bonchev–Trinajstić information content (AvgIpc) is 2.74. The number of hydrogen-bond acceptors (Lipinski definition) is 3. The highest BCUT2D eigenvalue weighted by atomic mass is 19.1. The van der Waals surface area contributed by atoms with E-state index in [-0.39, 0.29) is 30.2 Å². The number of hydrogen-bond donors (Lipinski definition) is 2. The molecule has 1 unspecified atom stereocenters. The second-order valence-electron chi connectivity index (χ2n) is 7.06. The zero-order valence-corrected chi connectivity index (χ0v) is 16.9. The van der Waals surface area contributed by atoms with E-state index in [9.17, 15) is 14.0 Å². The highest BCUT2D eigenvalue weighted by molar-refractivity contribution is 6.10. The number of nitrogens with one attached hydrogen (secondary N) is 2. The molecule has 5 nitrogen and oxygen atoms in total. The van der Waals surface area contributed by atoms with E-state index in [4.69, 9.17) is 0 Å². The molecule has 0 saturated carbocycles. The van der Waals surface area contributed by atoms with Crippen molar-refractivity contribution in [2.45, 2.75) is 13.0 Å². The van der Waals surface area contributed by atoms with Crippen LogP contribution in [-0.4, -0.2) is 30.3 Å². The molecule has 2 amide bonds. The van der Waals surface area contributed by atoms with Crippen LogP contribution < -0.4 is 10.6 Å². The molecule has 3 aromatic rings. The maximum Gasteiger partial charge on any atom is 0.257 e. The van der Waals surface area contributed by atoms with Gasteiger partial charge in [-0.05, 0) is 55.9 Å². The Morgan fingerprint density at radius 2 is 1.53 bits per heavy atom. The van der Waals surface area contributed by atoms with Crippen molar-refractivity contribution < 1.29 is 14.0 Å². The van der Waals surface area contributed by atoms with Crippen molar-refractivity contribution in [2.75, 3.05) is 24.2 Å². The average molecular weight is 405 g/mol. The Kier molecular flexibility index (Phi) is 6.93. The number of halogens is 1. The fourth-order valence-electron chi connectivity index (χ4n) is 3.06. The van der Waals surface area contributed by atoms with Crippen molar-refractivity contribution >= 4 is 23.2 Å². The Morgan fingerprint density at radius 3 is 2.23 bits per heavy atom. The lowest BCUT2D eigenvalue weighted by Crippen LogP contribution is -2.32. The van der Waals surface area contributed by atoms with Gasteiger partial charge < -0.3 is 10.6 Å². The van der Waals surface area contributed by atoms with Crippen LogP contribution in [0.15, 0.2) is 78.9 Å². The number of carbonyl (C=O) groups is 2. The fraction of sp³-hybridized carbons (Fsp3) is 0.167. The fourth-order valence-corrected chi connectivity index (χ4v) is 3.06. The summed E-state index contributed by atoms with van der Waals surface area (Å²) in [5.41, 5.74) is 2.41. The molecule has 6 heteroatoms. The molecular formula is C24H24FN3O2. The van der Waals surface area contributed by atoms with Gasteiger partial charge >= 0.3 is 0 Å². The van der Waals surface area contributed by atoms with Crippen LogP contribution in [0.25, 0.3) is 0 Å². The number of benzene rings is 3. The van der Waals surface area contributed by atoms with Crippen LogP contribution in [-0.2, 0) is 4.79 Å². The Labute approximate surface area is 175 Å². The monoisotopic (exact) mass is 405 g/mol. The van der Waals surface area contributed by atoms with Crippen LogP contribution in [0.1, 0.15) is 28.9 Å². The molecule has 0 aromatic heterocycles. The third-order valence-corrected chi connectivity index (χ3v) is 4.88. The second-order valence-corrected chi connectivity index (χ2v) is 7.06. The molecule has 3 aromatic carbocycles. The molecule has 3 rings (SSSR count). The summed E-state index contributed by atoms with van der Waals surface area (Å²) in [6.07, 6.45) is 0. The standard InChI is InChI=1S/C24H24FN3O2/c1-17(18-12-14-19(25)15-13-18)28(2)16-23(29)27-22-11-7-6-10-21(22)24(30)26-20-8-4-3-5-9-20/h3-15,17H,16H2,1-2H3,(H,26,30)(H,27,29). The summed E-state index contributed by atoms with van der Waals surface area (Å²) in [5, 5.41) is 5.65. The molecule has 0 bridgehead atoms. The number of amides is 2. The quantitative estimate of drug-likeness (QED) is 0.598. The predicted octanol–water partition coefficient (Wildman–Crippen LogP) is 4.71. The molecule has 0 aliphatic rings. The summed E-state index contributed by atoms with van der Waals surface area (Å²) in [4.78, 5) is 27.1. The molecule has 0 spiro atoms. The highest BCUT2D eigenvalue weighted by Crippen LogP contribution is 2.20. The van der Waals surface area contributed by atoms with E-state index in [1.165, 1.54) is 12.1 Å². The highest BCUT2D eigenvalue weighted by Gasteiger charge is 2.17. The van der Waals surface area contributed by atoms with Gasteiger partial charge in [-0.25, -0.2) is 4.39 Å². The molecule has 30 heavy (non-hydrogen) atoms. The van der Waals surface area contributed by atoms with E-state index in [1.54, 1.807) is 48.5 Å². The van der Waals surface area contributed by atoms with Crippen molar-refractivity contribution in [2.24, 2.45) is 0 Å². The number of likely N-dealkylation sites (N-methyl/N-ethyl adjacent to an activating group) is 1. The summed E-state index contributed by atoms with van der Waals surface area (Å²) < 4.78 is 13.1.